The highest BCUT2D eigenvalue weighted by molar-refractivity contribution is 5.78. The Morgan fingerprint density at radius 1 is 1.32 bits per heavy atom. The zero-order valence-corrected chi connectivity index (χ0v) is 13.6. The van der Waals surface area contributed by atoms with Crippen molar-refractivity contribution in [3.63, 3.8) is 0 Å². The predicted molar refractivity (Wildman–Crippen MR) is 86.5 cm³/mol. The number of pyridine rings is 1. The molecule has 2 rings (SSSR count). The van der Waals surface area contributed by atoms with Crippen molar-refractivity contribution in [3.05, 3.63) is 35.7 Å². The lowest BCUT2D eigenvalue weighted by atomic mass is 9.88. The van der Waals surface area contributed by atoms with Gasteiger partial charge < -0.3 is 0 Å². The minimum atomic E-state index is 0.0622. The molecule has 0 unspecified atom stereocenters. The van der Waals surface area contributed by atoms with Crippen LogP contribution in [0.3, 0.4) is 0 Å². The third-order valence-corrected chi connectivity index (χ3v) is 3.57. The molecule has 0 N–H and O–H groups in total. The van der Waals surface area contributed by atoms with Crippen molar-refractivity contribution in [2.24, 2.45) is 5.41 Å². The maximum Gasteiger partial charge on any atom is 0.133 e. The molecule has 0 bridgehead atoms. The molecule has 0 aliphatic rings. The second-order valence-corrected chi connectivity index (χ2v) is 6.95. The van der Waals surface area contributed by atoms with Gasteiger partial charge >= 0.3 is 0 Å². The topological polar surface area (TPSA) is 58.2 Å². The van der Waals surface area contributed by atoms with E-state index in [0.717, 1.165) is 30.5 Å². The van der Waals surface area contributed by atoms with Gasteiger partial charge in [-0.3, -0.25) is 4.79 Å². The van der Waals surface area contributed by atoms with Gasteiger partial charge in [0.1, 0.15) is 17.4 Å². The normalized spacial score (nSPS) is 11.5. The van der Waals surface area contributed by atoms with Gasteiger partial charge in [0.05, 0.1) is 11.2 Å². The molecular formula is C18H23N3O. The SMILES string of the molecule is CC(C)(C)CC(=O)CCCCc1nn2ccccc2c1C#N. The van der Waals surface area contributed by atoms with Crippen LogP contribution >= 0.6 is 0 Å². The van der Waals surface area contributed by atoms with Crippen LogP contribution in [0.15, 0.2) is 24.4 Å². The number of nitrogens with zero attached hydrogens (tertiary/aromatic N) is 3. The summed E-state index contributed by atoms with van der Waals surface area (Å²) in [5.74, 6) is 0.322. The highest BCUT2D eigenvalue weighted by Crippen LogP contribution is 2.21. The van der Waals surface area contributed by atoms with Crippen molar-refractivity contribution in [3.8, 4) is 6.07 Å². The lowest BCUT2D eigenvalue weighted by Gasteiger charge is -2.16. The first-order valence-corrected chi connectivity index (χ1v) is 7.79. The van der Waals surface area contributed by atoms with E-state index in [1.807, 2.05) is 24.4 Å². The van der Waals surface area contributed by atoms with Gasteiger partial charge in [-0.2, -0.15) is 10.4 Å². The molecule has 0 atom stereocenters. The molecule has 116 valence electrons. The highest BCUT2D eigenvalue weighted by atomic mass is 16.1. The number of hydrogen-bond acceptors (Lipinski definition) is 3. The van der Waals surface area contributed by atoms with Crippen LogP contribution in [-0.2, 0) is 11.2 Å². The largest absolute Gasteiger partial charge is 0.300 e. The summed E-state index contributed by atoms with van der Waals surface area (Å²) in [6.45, 7) is 6.25. The van der Waals surface area contributed by atoms with E-state index in [9.17, 15) is 10.1 Å². The van der Waals surface area contributed by atoms with Gasteiger partial charge in [0, 0.05) is 19.0 Å². The third kappa shape index (κ3) is 4.17. The molecule has 2 aromatic heterocycles. The van der Waals surface area contributed by atoms with E-state index >= 15 is 0 Å². The van der Waals surface area contributed by atoms with E-state index in [2.05, 4.69) is 31.9 Å². The van der Waals surface area contributed by atoms with Crippen LogP contribution in [0.25, 0.3) is 5.52 Å². The molecule has 0 aromatic carbocycles. The highest BCUT2D eigenvalue weighted by Gasteiger charge is 2.16. The van der Waals surface area contributed by atoms with Crippen LogP contribution in [0.1, 0.15) is 57.7 Å². The molecule has 22 heavy (non-hydrogen) atoms. The fourth-order valence-corrected chi connectivity index (χ4v) is 2.64. The van der Waals surface area contributed by atoms with Gasteiger partial charge in [0.25, 0.3) is 0 Å². The first-order valence-electron chi connectivity index (χ1n) is 7.79. The summed E-state index contributed by atoms with van der Waals surface area (Å²) in [7, 11) is 0. The van der Waals surface area contributed by atoms with E-state index in [1.165, 1.54) is 0 Å². The van der Waals surface area contributed by atoms with Gasteiger partial charge in [-0.25, -0.2) is 4.52 Å². The number of unbranched alkanes of at least 4 members (excludes halogenated alkanes) is 1. The fourth-order valence-electron chi connectivity index (χ4n) is 2.64. The van der Waals surface area contributed by atoms with Crippen molar-refractivity contribution in [1.29, 1.82) is 5.26 Å². The Labute approximate surface area is 131 Å². The van der Waals surface area contributed by atoms with Crippen molar-refractivity contribution in [1.82, 2.24) is 9.61 Å². The molecule has 2 aromatic rings. The zero-order chi connectivity index (χ0) is 16.2. The van der Waals surface area contributed by atoms with Crippen LogP contribution in [0, 0.1) is 16.7 Å². The first-order chi connectivity index (χ1) is 10.4. The molecule has 0 saturated carbocycles. The number of aromatic nitrogens is 2. The monoisotopic (exact) mass is 297 g/mol. The molecule has 4 nitrogen and oxygen atoms in total. The molecule has 0 saturated heterocycles. The minimum Gasteiger partial charge on any atom is -0.300 e. The average molecular weight is 297 g/mol. The number of fused-ring (bicyclic) bond motifs is 1. The molecule has 0 fully saturated rings. The number of nitriles is 1. The Hall–Kier alpha value is -2.15. The number of carbonyl (C=O) groups excluding carboxylic acids is 1. The smallest absolute Gasteiger partial charge is 0.133 e. The third-order valence-electron chi connectivity index (χ3n) is 3.57. The van der Waals surface area contributed by atoms with Crippen molar-refractivity contribution in [2.75, 3.05) is 0 Å². The van der Waals surface area contributed by atoms with Gasteiger partial charge in [0.2, 0.25) is 0 Å². The van der Waals surface area contributed by atoms with Crippen molar-refractivity contribution >= 4 is 11.3 Å². The second kappa shape index (κ2) is 6.74. The maximum absolute atomic E-state index is 11.9. The van der Waals surface area contributed by atoms with E-state index in [1.54, 1.807) is 4.52 Å². The van der Waals surface area contributed by atoms with Gasteiger partial charge in [0.15, 0.2) is 0 Å². The number of carbonyl (C=O) groups is 1. The quantitative estimate of drug-likeness (QED) is 0.759. The number of Topliss-reactive ketones (excluding diaryl/α,β-unsaturated/α-hetero) is 1. The fraction of sp³-hybridized carbons (Fsp3) is 0.500. The molecule has 4 heteroatoms. The van der Waals surface area contributed by atoms with E-state index in [-0.39, 0.29) is 5.41 Å². The summed E-state index contributed by atoms with van der Waals surface area (Å²) in [6.07, 6.45) is 5.58. The lowest BCUT2D eigenvalue weighted by Crippen LogP contribution is -2.12. The molecule has 0 aliphatic heterocycles. The Morgan fingerprint density at radius 3 is 2.77 bits per heavy atom. The Kier molecular flexibility index (Phi) is 4.97. The van der Waals surface area contributed by atoms with E-state index < -0.39 is 0 Å². The minimum absolute atomic E-state index is 0.0622. The number of aryl methyl sites for hydroxylation is 1. The number of ketones is 1. The Bertz CT molecular complexity index is 701. The predicted octanol–water partition coefficient (Wildman–Crippen LogP) is 3.92. The molecule has 0 radical (unpaired) electrons. The summed E-state index contributed by atoms with van der Waals surface area (Å²) < 4.78 is 1.75. The number of rotatable bonds is 6. The summed E-state index contributed by atoms with van der Waals surface area (Å²) in [5.41, 5.74) is 2.40. The average Bonchev–Trinajstić information content (AvgIpc) is 2.79. The van der Waals surface area contributed by atoms with Crippen LogP contribution in [0.5, 0.6) is 0 Å². The molecule has 2 heterocycles. The van der Waals surface area contributed by atoms with Crippen LogP contribution < -0.4 is 0 Å². The second-order valence-electron chi connectivity index (χ2n) is 6.95. The molecular weight excluding hydrogens is 274 g/mol. The molecule has 0 spiro atoms. The summed E-state index contributed by atoms with van der Waals surface area (Å²) in [4.78, 5) is 11.9. The van der Waals surface area contributed by atoms with Crippen molar-refractivity contribution in [2.45, 2.75) is 52.9 Å². The summed E-state index contributed by atoms with van der Waals surface area (Å²) >= 11 is 0. The van der Waals surface area contributed by atoms with Crippen LogP contribution in [0.4, 0.5) is 0 Å². The standard InChI is InChI=1S/C18H23N3O/c1-18(2,3)12-14(22)8-4-5-9-16-15(13-19)17-10-6-7-11-21(17)20-16/h6-7,10-11H,4-5,8-9,12H2,1-3H3. The Morgan fingerprint density at radius 2 is 2.09 bits per heavy atom. The molecule has 0 aliphatic carbocycles. The van der Waals surface area contributed by atoms with Gasteiger partial charge in [-0.1, -0.05) is 26.8 Å². The number of hydrogen-bond donors (Lipinski definition) is 0. The van der Waals surface area contributed by atoms with E-state index in [4.69, 9.17) is 0 Å². The van der Waals surface area contributed by atoms with Gasteiger partial charge in [-0.05, 0) is 36.8 Å². The Balaban J connectivity index is 1.90. The zero-order valence-electron chi connectivity index (χ0n) is 13.6. The van der Waals surface area contributed by atoms with Crippen LogP contribution in [0.2, 0.25) is 0 Å². The summed E-state index contributed by atoms with van der Waals surface area (Å²) in [5, 5.41) is 13.8. The van der Waals surface area contributed by atoms with Crippen LogP contribution in [-0.4, -0.2) is 15.4 Å². The first kappa shape index (κ1) is 16.2. The maximum atomic E-state index is 11.9. The van der Waals surface area contributed by atoms with Gasteiger partial charge in [-0.15, -0.1) is 0 Å². The summed E-state index contributed by atoms with van der Waals surface area (Å²) in [6, 6.07) is 7.96. The molecule has 0 amide bonds. The van der Waals surface area contributed by atoms with E-state index in [0.29, 0.717) is 24.2 Å². The lowest BCUT2D eigenvalue weighted by molar-refractivity contribution is -0.120. The van der Waals surface area contributed by atoms with Crippen molar-refractivity contribution < 1.29 is 4.79 Å².